The maximum atomic E-state index is 12.6. The highest BCUT2D eigenvalue weighted by molar-refractivity contribution is 7.71. The van der Waals surface area contributed by atoms with Gasteiger partial charge in [-0.1, -0.05) is 23.8 Å². The number of H-pyrrole nitrogens is 1. The van der Waals surface area contributed by atoms with Gasteiger partial charge >= 0.3 is 0 Å². The molecule has 0 saturated heterocycles. The van der Waals surface area contributed by atoms with Gasteiger partial charge in [0.25, 0.3) is 0 Å². The number of aromatic amines is 1. The summed E-state index contributed by atoms with van der Waals surface area (Å²) in [5.41, 5.74) is 1.71. The molecule has 0 radical (unpaired) electrons. The zero-order chi connectivity index (χ0) is 21.1. The zero-order valence-electron chi connectivity index (χ0n) is 17.4. The first-order chi connectivity index (χ1) is 13.0. The smallest absolute Gasteiger partial charge is 0.242 e. The molecule has 28 heavy (non-hydrogen) atoms. The number of benzene rings is 1. The first kappa shape index (κ1) is 21.8. The Morgan fingerprint density at radius 3 is 2.64 bits per heavy atom. The lowest BCUT2D eigenvalue weighted by Gasteiger charge is -2.28. The Hall–Kier alpha value is -2.48. The fraction of sp³-hybridized carbons (Fsp3) is 0.500. The van der Waals surface area contributed by atoms with Crippen molar-refractivity contribution in [3.05, 3.63) is 34.6 Å². The van der Waals surface area contributed by atoms with Crippen molar-refractivity contribution in [3.63, 3.8) is 0 Å². The Balaban J connectivity index is 2.08. The highest BCUT2D eigenvalue weighted by Crippen LogP contribution is 2.19. The van der Waals surface area contributed by atoms with E-state index in [1.807, 2.05) is 56.5 Å². The van der Waals surface area contributed by atoms with E-state index in [4.69, 9.17) is 12.2 Å². The van der Waals surface area contributed by atoms with Crippen LogP contribution in [0.1, 0.15) is 39.7 Å². The van der Waals surface area contributed by atoms with Gasteiger partial charge in [0.15, 0.2) is 10.6 Å². The van der Waals surface area contributed by atoms with E-state index < -0.39 is 6.04 Å². The van der Waals surface area contributed by atoms with Crippen LogP contribution in [-0.2, 0) is 16.1 Å². The molecule has 0 aliphatic rings. The van der Waals surface area contributed by atoms with Crippen molar-refractivity contribution in [1.82, 2.24) is 25.0 Å². The van der Waals surface area contributed by atoms with Crippen LogP contribution >= 0.6 is 12.2 Å². The van der Waals surface area contributed by atoms with Crippen LogP contribution in [-0.4, -0.2) is 50.1 Å². The molecule has 0 spiro atoms. The molecule has 1 heterocycles. The molecule has 152 valence electrons. The predicted octanol–water partition coefficient (Wildman–Crippen LogP) is 3.07. The van der Waals surface area contributed by atoms with Gasteiger partial charge in [-0.15, -0.1) is 0 Å². The fourth-order valence-electron chi connectivity index (χ4n) is 2.78. The third-order valence-corrected chi connectivity index (χ3v) is 4.75. The van der Waals surface area contributed by atoms with Gasteiger partial charge in [-0.3, -0.25) is 19.3 Å². The number of aryl methyl sites for hydroxylation is 1. The van der Waals surface area contributed by atoms with Crippen molar-refractivity contribution in [1.29, 1.82) is 0 Å². The van der Waals surface area contributed by atoms with Crippen LogP contribution in [0.2, 0.25) is 0 Å². The van der Waals surface area contributed by atoms with Gasteiger partial charge < -0.3 is 10.2 Å². The number of aromatic nitrogens is 3. The van der Waals surface area contributed by atoms with Gasteiger partial charge in [0.05, 0.1) is 0 Å². The number of carbonyl (C=O) groups is 2. The van der Waals surface area contributed by atoms with Crippen molar-refractivity contribution in [2.45, 2.75) is 59.2 Å². The van der Waals surface area contributed by atoms with E-state index in [2.05, 4.69) is 15.5 Å². The normalized spacial score (nSPS) is 12.5. The molecule has 1 aromatic carbocycles. The van der Waals surface area contributed by atoms with Gasteiger partial charge in [0, 0.05) is 31.1 Å². The second-order valence-corrected chi connectivity index (χ2v) is 8.43. The molecule has 0 fully saturated rings. The fourth-order valence-corrected chi connectivity index (χ4v) is 3.00. The number of amides is 2. The van der Waals surface area contributed by atoms with Crippen LogP contribution < -0.4 is 5.32 Å². The Kier molecular flexibility index (Phi) is 6.77. The third kappa shape index (κ3) is 5.51. The molecule has 1 atom stereocenters. The van der Waals surface area contributed by atoms with Crippen LogP contribution in [0.25, 0.3) is 11.4 Å². The molecule has 0 aliphatic heterocycles. The van der Waals surface area contributed by atoms with E-state index in [-0.39, 0.29) is 23.8 Å². The average Bonchev–Trinajstić information content (AvgIpc) is 2.97. The number of hydrogen-bond acceptors (Lipinski definition) is 4. The van der Waals surface area contributed by atoms with E-state index in [1.165, 1.54) is 4.90 Å². The van der Waals surface area contributed by atoms with Crippen LogP contribution in [0, 0.1) is 11.7 Å². The molecule has 8 heteroatoms. The lowest BCUT2D eigenvalue weighted by Crippen LogP contribution is -2.51. The summed E-state index contributed by atoms with van der Waals surface area (Å²) in [5.74, 6) is 0.390. The molecule has 1 aromatic heterocycles. The highest BCUT2D eigenvalue weighted by Gasteiger charge is 2.25. The van der Waals surface area contributed by atoms with Crippen molar-refractivity contribution < 1.29 is 9.59 Å². The number of carbonyl (C=O) groups excluding carboxylic acids is 2. The molecule has 2 amide bonds. The summed E-state index contributed by atoms with van der Waals surface area (Å²) >= 11 is 5.33. The SMILES string of the molecule is Cc1cccc(-c2n[nH]c(=S)n2CCC(=O)N(C)C(C)C(=O)NC(C)(C)C)c1. The molecular weight excluding hydrogens is 374 g/mol. The molecule has 0 saturated carbocycles. The van der Waals surface area contributed by atoms with Gasteiger partial charge in [-0.2, -0.15) is 5.10 Å². The Labute approximate surface area is 171 Å². The second kappa shape index (κ2) is 8.68. The molecule has 2 N–H and O–H groups in total. The second-order valence-electron chi connectivity index (χ2n) is 8.04. The molecule has 2 aromatic rings. The number of nitrogens with zero attached hydrogens (tertiary/aromatic N) is 3. The van der Waals surface area contributed by atoms with Gasteiger partial charge in [0.1, 0.15) is 6.04 Å². The largest absolute Gasteiger partial charge is 0.350 e. The highest BCUT2D eigenvalue weighted by atomic mass is 32.1. The van der Waals surface area contributed by atoms with E-state index in [1.54, 1.807) is 14.0 Å². The summed E-state index contributed by atoms with van der Waals surface area (Å²) in [4.78, 5) is 26.4. The minimum Gasteiger partial charge on any atom is -0.350 e. The Morgan fingerprint density at radius 2 is 2.04 bits per heavy atom. The van der Waals surface area contributed by atoms with Crippen molar-refractivity contribution in [3.8, 4) is 11.4 Å². The summed E-state index contributed by atoms with van der Waals surface area (Å²) in [6.45, 7) is 9.85. The standard InChI is InChI=1S/C20H29N5O2S/c1-13-8-7-9-15(12-13)17-22-23-19(28)25(17)11-10-16(26)24(6)14(2)18(27)21-20(3,4)5/h7-9,12,14H,10-11H2,1-6H3,(H,21,27)(H,23,28). The van der Waals surface area contributed by atoms with Crippen molar-refractivity contribution in [2.75, 3.05) is 7.05 Å². The Bertz CT molecular complexity index is 910. The van der Waals surface area contributed by atoms with Gasteiger partial charge in [0.2, 0.25) is 11.8 Å². The van der Waals surface area contributed by atoms with Crippen LogP contribution in [0.4, 0.5) is 0 Å². The van der Waals surface area contributed by atoms with Crippen molar-refractivity contribution >= 4 is 24.0 Å². The summed E-state index contributed by atoms with van der Waals surface area (Å²) < 4.78 is 2.28. The number of nitrogens with one attached hydrogen (secondary N) is 2. The molecule has 7 nitrogen and oxygen atoms in total. The van der Waals surface area contributed by atoms with Gasteiger partial charge in [-0.05, 0) is 52.9 Å². The molecular formula is C20H29N5O2S. The zero-order valence-corrected chi connectivity index (χ0v) is 18.2. The van der Waals surface area contributed by atoms with Gasteiger partial charge in [-0.25, -0.2) is 0 Å². The monoisotopic (exact) mass is 403 g/mol. The van der Waals surface area contributed by atoms with Crippen LogP contribution in [0.15, 0.2) is 24.3 Å². The third-order valence-electron chi connectivity index (χ3n) is 4.44. The van der Waals surface area contributed by atoms with E-state index in [0.29, 0.717) is 17.1 Å². The number of rotatable bonds is 6. The van der Waals surface area contributed by atoms with E-state index >= 15 is 0 Å². The molecule has 0 aliphatic carbocycles. The summed E-state index contributed by atoms with van der Waals surface area (Å²) in [6.07, 6.45) is 0.219. The summed E-state index contributed by atoms with van der Waals surface area (Å²) in [5, 5.41) is 10.0. The summed E-state index contributed by atoms with van der Waals surface area (Å²) in [7, 11) is 1.64. The minimum absolute atomic E-state index is 0.130. The number of likely N-dealkylation sites (N-methyl/N-ethyl adjacent to an activating group) is 1. The molecule has 2 rings (SSSR count). The maximum Gasteiger partial charge on any atom is 0.242 e. The quantitative estimate of drug-likeness (QED) is 0.726. The minimum atomic E-state index is -0.555. The lowest BCUT2D eigenvalue weighted by atomic mass is 10.1. The van der Waals surface area contributed by atoms with Crippen molar-refractivity contribution in [2.24, 2.45) is 0 Å². The maximum absolute atomic E-state index is 12.6. The van der Waals surface area contributed by atoms with E-state index in [0.717, 1.165) is 11.1 Å². The predicted molar refractivity (Wildman–Crippen MR) is 112 cm³/mol. The topological polar surface area (TPSA) is 83.0 Å². The summed E-state index contributed by atoms with van der Waals surface area (Å²) in [6, 6.07) is 7.40. The number of hydrogen-bond donors (Lipinski definition) is 2. The first-order valence-corrected chi connectivity index (χ1v) is 9.70. The van der Waals surface area contributed by atoms with E-state index in [9.17, 15) is 9.59 Å². The Morgan fingerprint density at radius 1 is 1.36 bits per heavy atom. The molecule has 0 bridgehead atoms. The average molecular weight is 404 g/mol. The molecule has 1 unspecified atom stereocenters. The van der Waals surface area contributed by atoms with Crippen LogP contribution in [0.3, 0.4) is 0 Å². The first-order valence-electron chi connectivity index (χ1n) is 9.29. The lowest BCUT2D eigenvalue weighted by molar-refractivity contribution is -0.139. The van der Waals surface area contributed by atoms with Crippen LogP contribution in [0.5, 0.6) is 0 Å².